The average molecular weight is 295 g/mol. The summed E-state index contributed by atoms with van der Waals surface area (Å²) in [6.07, 6.45) is 2.08. The van der Waals surface area contributed by atoms with Gasteiger partial charge in [-0.25, -0.2) is 4.79 Å². The van der Waals surface area contributed by atoms with Gasteiger partial charge in [-0.05, 0) is 51.6 Å². The second kappa shape index (κ2) is 6.31. The number of benzene rings is 1. The molecule has 110 valence electrons. The molecule has 0 aliphatic heterocycles. The fourth-order valence-electron chi connectivity index (χ4n) is 1.62. The minimum atomic E-state index is -1.10. The number of hydrogen-bond acceptors (Lipinski definition) is 4. The molecule has 0 spiro atoms. The fourth-order valence-corrected chi connectivity index (χ4v) is 2.03. The molecule has 0 heterocycles. The van der Waals surface area contributed by atoms with Crippen LogP contribution in [0.15, 0.2) is 29.2 Å². The standard InChI is InChI=1S/C15H21NO3S/c1-14(2,3)19-13(18)16-15(4,10-17)11-6-8-12(20-5)9-7-11/h6-10H,1-5H3,(H,16,18). The molecule has 0 aromatic heterocycles. The Hall–Kier alpha value is -1.49. The van der Waals surface area contributed by atoms with Gasteiger partial charge in [0.15, 0.2) is 0 Å². The van der Waals surface area contributed by atoms with Crippen molar-refractivity contribution >= 4 is 24.1 Å². The van der Waals surface area contributed by atoms with Crippen LogP contribution in [0.3, 0.4) is 0 Å². The Balaban J connectivity index is 2.90. The second-order valence-corrected chi connectivity index (χ2v) is 6.56. The molecule has 0 bridgehead atoms. The third-order valence-electron chi connectivity index (χ3n) is 2.69. The number of carbonyl (C=O) groups is 2. The maximum atomic E-state index is 11.8. The quantitative estimate of drug-likeness (QED) is 0.683. The fraction of sp³-hybridized carbons (Fsp3) is 0.467. The summed E-state index contributed by atoms with van der Waals surface area (Å²) >= 11 is 1.62. The lowest BCUT2D eigenvalue weighted by Crippen LogP contribution is -2.46. The van der Waals surface area contributed by atoms with Crippen molar-refractivity contribution < 1.29 is 14.3 Å². The lowest BCUT2D eigenvalue weighted by atomic mass is 9.94. The third-order valence-corrected chi connectivity index (χ3v) is 3.43. The van der Waals surface area contributed by atoms with Crippen LogP contribution in [0.25, 0.3) is 0 Å². The maximum absolute atomic E-state index is 11.8. The number of rotatable bonds is 4. The van der Waals surface area contributed by atoms with Crippen LogP contribution in [0.4, 0.5) is 4.79 Å². The van der Waals surface area contributed by atoms with Crippen molar-refractivity contribution in [3.8, 4) is 0 Å². The van der Waals surface area contributed by atoms with Crippen molar-refractivity contribution in [3.05, 3.63) is 29.8 Å². The van der Waals surface area contributed by atoms with Crippen LogP contribution in [0.1, 0.15) is 33.3 Å². The summed E-state index contributed by atoms with van der Waals surface area (Å²) in [5.41, 5.74) is -0.980. The molecule has 1 unspecified atom stereocenters. The van der Waals surface area contributed by atoms with Crippen LogP contribution in [-0.4, -0.2) is 24.2 Å². The monoisotopic (exact) mass is 295 g/mol. The Morgan fingerprint density at radius 3 is 2.15 bits per heavy atom. The molecule has 0 saturated heterocycles. The van der Waals surface area contributed by atoms with E-state index in [2.05, 4.69) is 5.32 Å². The largest absolute Gasteiger partial charge is 0.444 e. The predicted octanol–water partition coefficient (Wildman–Crippen LogP) is 3.35. The molecular formula is C15H21NO3S. The Bertz CT molecular complexity index is 479. The normalized spacial score (nSPS) is 14.2. The van der Waals surface area contributed by atoms with Gasteiger partial charge in [-0.1, -0.05) is 12.1 Å². The van der Waals surface area contributed by atoms with Crippen LogP contribution in [-0.2, 0) is 15.1 Å². The van der Waals surface area contributed by atoms with Crippen LogP contribution in [0.2, 0.25) is 0 Å². The zero-order valence-electron chi connectivity index (χ0n) is 12.5. The van der Waals surface area contributed by atoms with E-state index in [0.717, 1.165) is 10.5 Å². The van der Waals surface area contributed by atoms with Gasteiger partial charge < -0.3 is 14.8 Å². The van der Waals surface area contributed by atoms with Crippen molar-refractivity contribution in [3.63, 3.8) is 0 Å². The van der Waals surface area contributed by atoms with Crippen molar-refractivity contribution in [1.82, 2.24) is 5.32 Å². The molecular weight excluding hydrogens is 274 g/mol. The molecule has 1 rings (SSSR count). The molecule has 5 heteroatoms. The van der Waals surface area contributed by atoms with Crippen LogP contribution in [0, 0.1) is 0 Å². The van der Waals surface area contributed by atoms with Crippen molar-refractivity contribution in [2.24, 2.45) is 0 Å². The van der Waals surface area contributed by atoms with E-state index in [-0.39, 0.29) is 0 Å². The van der Waals surface area contributed by atoms with Crippen molar-refractivity contribution in [2.45, 2.75) is 43.7 Å². The number of carbonyl (C=O) groups excluding carboxylic acids is 2. The highest BCUT2D eigenvalue weighted by atomic mass is 32.2. The number of amides is 1. The topological polar surface area (TPSA) is 55.4 Å². The second-order valence-electron chi connectivity index (χ2n) is 5.68. The number of alkyl carbamates (subject to hydrolysis) is 1. The van der Waals surface area contributed by atoms with E-state index in [4.69, 9.17) is 4.74 Å². The number of thioether (sulfide) groups is 1. The molecule has 0 aliphatic rings. The summed E-state index contributed by atoms with van der Waals surface area (Å²) in [4.78, 5) is 24.3. The van der Waals surface area contributed by atoms with Gasteiger partial charge in [-0.15, -0.1) is 11.8 Å². The predicted molar refractivity (Wildman–Crippen MR) is 81.0 cm³/mol. The molecule has 20 heavy (non-hydrogen) atoms. The first-order valence-corrected chi connectivity index (χ1v) is 7.55. The minimum absolute atomic E-state index is 0.601. The van der Waals surface area contributed by atoms with Gasteiger partial charge in [0.25, 0.3) is 0 Å². The lowest BCUT2D eigenvalue weighted by Gasteiger charge is -2.28. The van der Waals surface area contributed by atoms with Crippen LogP contribution < -0.4 is 5.32 Å². The molecule has 1 atom stereocenters. The number of nitrogens with one attached hydrogen (secondary N) is 1. The summed E-state index contributed by atoms with van der Waals surface area (Å²) < 4.78 is 5.19. The van der Waals surface area contributed by atoms with E-state index in [1.165, 1.54) is 0 Å². The van der Waals surface area contributed by atoms with Crippen molar-refractivity contribution in [1.29, 1.82) is 0 Å². The number of aldehydes is 1. The highest BCUT2D eigenvalue weighted by molar-refractivity contribution is 7.98. The van der Waals surface area contributed by atoms with Gasteiger partial charge in [0, 0.05) is 4.90 Å². The minimum Gasteiger partial charge on any atom is -0.444 e. The molecule has 1 N–H and O–H groups in total. The smallest absolute Gasteiger partial charge is 0.408 e. The van der Waals surface area contributed by atoms with Gasteiger partial charge in [0.2, 0.25) is 0 Å². The van der Waals surface area contributed by atoms with Gasteiger partial charge in [0.05, 0.1) is 0 Å². The summed E-state index contributed by atoms with van der Waals surface area (Å²) in [6.45, 7) is 6.98. The first-order chi connectivity index (χ1) is 9.20. The maximum Gasteiger partial charge on any atom is 0.408 e. The summed E-state index contributed by atoms with van der Waals surface area (Å²) in [7, 11) is 0. The molecule has 0 saturated carbocycles. The zero-order valence-corrected chi connectivity index (χ0v) is 13.3. The number of hydrogen-bond donors (Lipinski definition) is 1. The Morgan fingerprint density at radius 1 is 1.20 bits per heavy atom. The zero-order chi connectivity index (χ0) is 15.4. The van der Waals surface area contributed by atoms with Crippen molar-refractivity contribution in [2.75, 3.05) is 6.26 Å². The van der Waals surface area contributed by atoms with Crippen LogP contribution in [0.5, 0.6) is 0 Å². The summed E-state index contributed by atoms with van der Waals surface area (Å²) in [5, 5.41) is 2.62. The molecule has 1 amide bonds. The SMILES string of the molecule is CSc1ccc(C(C)(C=O)NC(=O)OC(C)(C)C)cc1. The molecule has 4 nitrogen and oxygen atoms in total. The molecule has 0 aliphatic carbocycles. The first-order valence-electron chi connectivity index (χ1n) is 6.32. The van der Waals surface area contributed by atoms with Gasteiger partial charge in [-0.3, -0.25) is 0 Å². The van der Waals surface area contributed by atoms with Gasteiger partial charge in [-0.2, -0.15) is 0 Å². The van der Waals surface area contributed by atoms with E-state index in [0.29, 0.717) is 6.29 Å². The van der Waals surface area contributed by atoms with E-state index in [1.807, 2.05) is 30.5 Å². The van der Waals surface area contributed by atoms with E-state index >= 15 is 0 Å². The average Bonchev–Trinajstić information content (AvgIpc) is 2.36. The molecule has 0 fully saturated rings. The summed E-state index contributed by atoms with van der Waals surface area (Å²) in [6, 6.07) is 7.49. The molecule has 1 aromatic carbocycles. The van der Waals surface area contributed by atoms with Gasteiger partial charge >= 0.3 is 6.09 Å². The highest BCUT2D eigenvalue weighted by Crippen LogP contribution is 2.23. The Kier molecular flexibility index (Phi) is 5.22. The van der Waals surface area contributed by atoms with E-state index < -0.39 is 17.2 Å². The molecule has 1 aromatic rings. The Morgan fingerprint density at radius 2 is 1.75 bits per heavy atom. The van der Waals surface area contributed by atoms with Crippen LogP contribution >= 0.6 is 11.8 Å². The lowest BCUT2D eigenvalue weighted by molar-refractivity contribution is -0.113. The Labute approximate surface area is 124 Å². The molecule has 0 radical (unpaired) electrons. The summed E-state index contributed by atoms with van der Waals surface area (Å²) in [5.74, 6) is 0. The van der Waals surface area contributed by atoms with E-state index in [1.54, 1.807) is 39.5 Å². The van der Waals surface area contributed by atoms with Gasteiger partial charge in [0.1, 0.15) is 17.4 Å². The first kappa shape index (κ1) is 16.6. The highest BCUT2D eigenvalue weighted by Gasteiger charge is 2.30. The van der Waals surface area contributed by atoms with E-state index in [9.17, 15) is 9.59 Å². The number of ether oxygens (including phenoxy) is 1. The third kappa shape index (κ3) is 4.56.